The number of alkyl halides is 1. The molecule has 1 fully saturated rings. The largest absolute Gasteiger partial charge is 0.300 e. The lowest BCUT2D eigenvalue weighted by Gasteiger charge is -2.45. The van der Waals surface area contributed by atoms with E-state index < -0.39 is 0 Å². The fraction of sp³-hybridized carbons (Fsp3) is 1.00. The van der Waals surface area contributed by atoms with Crippen LogP contribution in [0.25, 0.3) is 0 Å². The highest BCUT2D eigenvalue weighted by atomic mass is 19.1. The number of hydrogen-bond donors (Lipinski definition) is 0. The lowest BCUT2D eigenvalue weighted by molar-refractivity contribution is 0.0123. The lowest BCUT2D eigenvalue weighted by Crippen LogP contribution is -2.55. The van der Waals surface area contributed by atoms with Crippen LogP contribution in [0.3, 0.4) is 0 Å². The molecule has 0 aliphatic carbocycles. The zero-order valence-electron chi connectivity index (χ0n) is 7.52. The molecule has 0 radical (unpaired) electrons. The van der Waals surface area contributed by atoms with E-state index in [1.165, 1.54) is 12.8 Å². The molecule has 0 N–H and O–H groups in total. The van der Waals surface area contributed by atoms with Gasteiger partial charge >= 0.3 is 0 Å². The molecule has 66 valence electrons. The number of halogens is 1. The first kappa shape index (κ1) is 8.98. The van der Waals surface area contributed by atoms with Crippen LogP contribution < -0.4 is 0 Å². The van der Waals surface area contributed by atoms with Crippen LogP contribution in [0.15, 0.2) is 0 Å². The van der Waals surface area contributed by atoms with Crippen LogP contribution in [-0.2, 0) is 0 Å². The molecule has 2 atom stereocenters. The Labute approximate surface area is 68.6 Å². The van der Waals surface area contributed by atoms with Crippen molar-refractivity contribution >= 4 is 0 Å². The Kier molecular flexibility index (Phi) is 3.31. The summed E-state index contributed by atoms with van der Waals surface area (Å²) in [6.45, 7) is 6.33. The molecule has 1 rings (SSSR count). The molecule has 0 aromatic carbocycles. The van der Waals surface area contributed by atoms with E-state index >= 15 is 0 Å². The standard InChI is InChI=1S/C9H18FN/c1-3-4-5-11-7-9(6-10)8(11)2/h8-9H,3-7H2,1-2H3. The van der Waals surface area contributed by atoms with Gasteiger partial charge in [-0.2, -0.15) is 0 Å². The van der Waals surface area contributed by atoms with Crippen LogP contribution in [0.2, 0.25) is 0 Å². The maximum Gasteiger partial charge on any atom is 0.0949 e. The second kappa shape index (κ2) is 4.05. The molecule has 0 aromatic rings. The summed E-state index contributed by atoms with van der Waals surface area (Å²) in [4.78, 5) is 2.37. The summed E-state index contributed by atoms with van der Waals surface area (Å²) >= 11 is 0. The van der Waals surface area contributed by atoms with Crippen molar-refractivity contribution in [1.29, 1.82) is 0 Å². The zero-order chi connectivity index (χ0) is 8.27. The summed E-state index contributed by atoms with van der Waals surface area (Å²) in [6, 6.07) is 0.492. The van der Waals surface area contributed by atoms with Gasteiger partial charge in [0.15, 0.2) is 0 Å². The molecule has 2 heteroatoms. The average Bonchev–Trinajstić information content (AvgIpc) is 2.03. The topological polar surface area (TPSA) is 3.24 Å². The molecular weight excluding hydrogens is 141 g/mol. The van der Waals surface area contributed by atoms with E-state index in [9.17, 15) is 4.39 Å². The fourth-order valence-electron chi connectivity index (χ4n) is 1.61. The van der Waals surface area contributed by atoms with Crippen LogP contribution >= 0.6 is 0 Å². The predicted molar refractivity (Wildman–Crippen MR) is 45.4 cm³/mol. The van der Waals surface area contributed by atoms with E-state index in [1.54, 1.807) is 0 Å². The third-order valence-electron chi connectivity index (χ3n) is 2.72. The highest BCUT2D eigenvalue weighted by molar-refractivity contribution is 4.87. The van der Waals surface area contributed by atoms with Crippen molar-refractivity contribution in [3.05, 3.63) is 0 Å². The van der Waals surface area contributed by atoms with Crippen molar-refractivity contribution in [2.75, 3.05) is 19.8 Å². The summed E-state index contributed by atoms with van der Waals surface area (Å²) in [7, 11) is 0. The highest BCUT2D eigenvalue weighted by Crippen LogP contribution is 2.24. The van der Waals surface area contributed by atoms with Gasteiger partial charge in [-0.05, 0) is 19.9 Å². The molecule has 1 saturated heterocycles. The Morgan fingerprint density at radius 2 is 2.27 bits per heavy atom. The maximum absolute atomic E-state index is 12.2. The lowest BCUT2D eigenvalue weighted by atomic mass is 9.91. The van der Waals surface area contributed by atoms with Gasteiger partial charge in [-0.25, -0.2) is 0 Å². The maximum atomic E-state index is 12.2. The molecule has 0 aromatic heterocycles. The predicted octanol–water partition coefficient (Wildman–Crippen LogP) is 2.08. The van der Waals surface area contributed by atoms with Crippen molar-refractivity contribution in [3.8, 4) is 0 Å². The van der Waals surface area contributed by atoms with Crippen molar-refractivity contribution in [1.82, 2.24) is 4.90 Å². The first-order valence-electron chi connectivity index (χ1n) is 4.59. The van der Waals surface area contributed by atoms with Gasteiger partial charge in [-0.15, -0.1) is 0 Å². The van der Waals surface area contributed by atoms with Gasteiger partial charge in [0.1, 0.15) is 0 Å². The van der Waals surface area contributed by atoms with Gasteiger partial charge in [-0.1, -0.05) is 13.3 Å². The minimum absolute atomic E-state index is 0.135. The SMILES string of the molecule is CCCCN1CC(CF)C1C. The molecule has 0 spiro atoms. The molecule has 1 nitrogen and oxygen atoms in total. The van der Waals surface area contributed by atoms with E-state index in [0.717, 1.165) is 13.1 Å². The smallest absolute Gasteiger partial charge is 0.0949 e. The molecule has 0 saturated carbocycles. The van der Waals surface area contributed by atoms with Gasteiger partial charge in [0.05, 0.1) is 6.67 Å². The van der Waals surface area contributed by atoms with Crippen LogP contribution in [-0.4, -0.2) is 30.7 Å². The second-order valence-corrected chi connectivity index (χ2v) is 3.50. The van der Waals surface area contributed by atoms with Crippen LogP contribution in [0.1, 0.15) is 26.7 Å². The molecule has 2 unspecified atom stereocenters. The summed E-state index contributed by atoms with van der Waals surface area (Å²) in [5.74, 6) is 0.326. The van der Waals surface area contributed by atoms with Crippen molar-refractivity contribution in [3.63, 3.8) is 0 Å². The Hall–Kier alpha value is -0.110. The number of nitrogens with zero attached hydrogens (tertiary/aromatic N) is 1. The van der Waals surface area contributed by atoms with Crippen LogP contribution in [0, 0.1) is 5.92 Å². The van der Waals surface area contributed by atoms with E-state index in [-0.39, 0.29) is 6.67 Å². The summed E-state index contributed by atoms with van der Waals surface area (Å²) in [5.41, 5.74) is 0. The van der Waals surface area contributed by atoms with E-state index in [1.807, 2.05) is 0 Å². The Morgan fingerprint density at radius 1 is 1.55 bits per heavy atom. The van der Waals surface area contributed by atoms with E-state index in [2.05, 4.69) is 18.7 Å². The molecule has 1 aliphatic rings. The van der Waals surface area contributed by atoms with Gasteiger partial charge in [-0.3, -0.25) is 9.29 Å². The summed E-state index contributed by atoms with van der Waals surface area (Å²) < 4.78 is 12.2. The quantitative estimate of drug-likeness (QED) is 0.607. The monoisotopic (exact) mass is 159 g/mol. The first-order valence-corrected chi connectivity index (χ1v) is 4.59. The molecular formula is C9H18FN. The highest BCUT2D eigenvalue weighted by Gasteiger charge is 2.34. The van der Waals surface area contributed by atoms with Gasteiger partial charge in [0.25, 0.3) is 0 Å². The van der Waals surface area contributed by atoms with Crippen LogP contribution in [0.5, 0.6) is 0 Å². The Bertz CT molecular complexity index is 114. The van der Waals surface area contributed by atoms with Crippen molar-refractivity contribution in [2.45, 2.75) is 32.7 Å². The zero-order valence-corrected chi connectivity index (χ0v) is 7.52. The van der Waals surface area contributed by atoms with E-state index in [4.69, 9.17) is 0 Å². The molecule has 1 aliphatic heterocycles. The normalized spacial score (nSPS) is 31.9. The van der Waals surface area contributed by atoms with Gasteiger partial charge in [0.2, 0.25) is 0 Å². The van der Waals surface area contributed by atoms with Crippen LogP contribution in [0.4, 0.5) is 4.39 Å². The van der Waals surface area contributed by atoms with Gasteiger partial charge in [0, 0.05) is 18.5 Å². The summed E-state index contributed by atoms with van der Waals surface area (Å²) in [5, 5.41) is 0. The summed E-state index contributed by atoms with van der Waals surface area (Å²) in [6.07, 6.45) is 2.49. The average molecular weight is 159 g/mol. The molecule has 0 amide bonds. The second-order valence-electron chi connectivity index (χ2n) is 3.50. The molecule has 0 bridgehead atoms. The van der Waals surface area contributed by atoms with E-state index in [0.29, 0.717) is 12.0 Å². The molecule has 11 heavy (non-hydrogen) atoms. The number of rotatable bonds is 4. The van der Waals surface area contributed by atoms with Crippen molar-refractivity contribution < 1.29 is 4.39 Å². The van der Waals surface area contributed by atoms with Crippen molar-refractivity contribution in [2.24, 2.45) is 5.92 Å². The minimum atomic E-state index is -0.135. The number of hydrogen-bond acceptors (Lipinski definition) is 1. The fourth-order valence-corrected chi connectivity index (χ4v) is 1.61. The molecule has 1 heterocycles. The Morgan fingerprint density at radius 3 is 2.73 bits per heavy atom. The third-order valence-corrected chi connectivity index (χ3v) is 2.72. The number of unbranched alkanes of at least 4 members (excludes halogenated alkanes) is 1. The third kappa shape index (κ3) is 1.92. The van der Waals surface area contributed by atoms with Gasteiger partial charge < -0.3 is 0 Å². The number of likely N-dealkylation sites (tertiary alicyclic amines) is 1. The minimum Gasteiger partial charge on any atom is -0.300 e. The Balaban J connectivity index is 2.11. The first-order chi connectivity index (χ1) is 5.29.